The van der Waals surface area contributed by atoms with Gasteiger partial charge in [0.25, 0.3) is 5.56 Å². The number of aromatic nitrogens is 1. The highest BCUT2D eigenvalue weighted by Gasteiger charge is 2.35. The third-order valence-electron chi connectivity index (χ3n) is 6.58. The zero-order chi connectivity index (χ0) is 20.7. The van der Waals surface area contributed by atoms with Crippen molar-refractivity contribution in [2.75, 3.05) is 39.4 Å². The zero-order valence-electron chi connectivity index (χ0n) is 17.0. The molecule has 0 amide bonds. The number of nitrogens with zero attached hydrogens (tertiary/aromatic N) is 3. The highest BCUT2D eigenvalue weighted by atomic mass is 19.1. The lowest BCUT2D eigenvalue weighted by molar-refractivity contribution is 0.0338. The molecule has 5 rings (SSSR count). The summed E-state index contributed by atoms with van der Waals surface area (Å²) in [5.74, 6) is -0.411. The number of benzene rings is 1. The second-order valence-corrected chi connectivity index (χ2v) is 8.86. The average Bonchev–Trinajstić information content (AvgIpc) is 2.70. The van der Waals surface area contributed by atoms with Crippen molar-refractivity contribution in [3.05, 3.63) is 69.1 Å². The summed E-state index contributed by atoms with van der Waals surface area (Å²) in [4.78, 5) is 17.7. The first-order valence-electron chi connectivity index (χ1n) is 10.8. The van der Waals surface area contributed by atoms with Gasteiger partial charge in [-0.25, -0.2) is 8.78 Å². The number of rotatable bonds is 4. The Morgan fingerprint density at radius 2 is 1.70 bits per heavy atom. The zero-order valence-corrected chi connectivity index (χ0v) is 17.0. The van der Waals surface area contributed by atoms with Crippen LogP contribution < -0.4 is 5.56 Å². The van der Waals surface area contributed by atoms with Crippen molar-refractivity contribution >= 4 is 0 Å². The van der Waals surface area contributed by atoms with Gasteiger partial charge in [-0.2, -0.15) is 0 Å². The summed E-state index contributed by atoms with van der Waals surface area (Å²) in [5, 5.41) is 0. The van der Waals surface area contributed by atoms with E-state index in [1.165, 1.54) is 12.1 Å². The van der Waals surface area contributed by atoms with Crippen LogP contribution in [0.3, 0.4) is 0 Å². The Kier molecular flexibility index (Phi) is 5.43. The molecule has 1 aromatic carbocycles. The Balaban J connectivity index is 1.33. The molecule has 160 valence electrons. The first kappa shape index (κ1) is 19.8. The van der Waals surface area contributed by atoms with Crippen LogP contribution in [-0.2, 0) is 24.4 Å². The monoisotopic (exact) mass is 415 g/mol. The molecule has 1 aromatic heterocycles. The highest BCUT2D eigenvalue weighted by Crippen LogP contribution is 2.35. The van der Waals surface area contributed by atoms with Crippen molar-refractivity contribution in [3.8, 4) is 0 Å². The van der Waals surface area contributed by atoms with Crippen LogP contribution in [0.5, 0.6) is 0 Å². The molecule has 3 aliphatic heterocycles. The van der Waals surface area contributed by atoms with Crippen molar-refractivity contribution < 1.29 is 13.5 Å². The van der Waals surface area contributed by atoms with E-state index in [2.05, 4.69) is 15.9 Å². The molecule has 0 N–H and O–H groups in total. The summed E-state index contributed by atoms with van der Waals surface area (Å²) in [7, 11) is 0. The van der Waals surface area contributed by atoms with Gasteiger partial charge in [0.2, 0.25) is 0 Å². The molecule has 0 radical (unpaired) electrons. The van der Waals surface area contributed by atoms with Gasteiger partial charge >= 0.3 is 0 Å². The second-order valence-electron chi connectivity index (χ2n) is 8.86. The number of piperidine rings is 1. The van der Waals surface area contributed by atoms with E-state index in [4.69, 9.17) is 4.74 Å². The molecular weight excluding hydrogens is 388 g/mol. The van der Waals surface area contributed by atoms with Gasteiger partial charge in [0.15, 0.2) is 0 Å². The Morgan fingerprint density at radius 1 is 0.933 bits per heavy atom. The molecule has 4 heterocycles. The van der Waals surface area contributed by atoms with Crippen molar-refractivity contribution in [2.24, 2.45) is 5.92 Å². The molecule has 0 saturated carbocycles. The van der Waals surface area contributed by atoms with Gasteiger partial charge in [0.1, 0.15) is 11.6 Å². The van der Waals surface area contributed by atoms with Crippen LogP contribution in [0.1, 0.15) is 29.2 Å². The molecule has 3 aliphatic rings. The fourth-order valence-electron chi connectivity index (χ4n) is 5.30. The van der Waals surface area contributed by atoms with Crippen LogP contribution in [0.15, 0.2) is 35.1 Å². The number of likely N-dealkylation sites (tertiary alicyclic amines) is 1. The molecule has 2 atom stereocenters. The predicted molar refractivity (Wildman–Crippen MR) is 109 cm³/mol. The van der Waals surface area contributed by atoms with Gasteiger partial charge < -0.3 is 9.30 Å². The summed E-state index contributed by atoms with van der Waals surface area (Å²) >= 11 is 0. The normalized spacial score (nSPS) is 24.6. The molecule has 0 aliphatic carbocycles. The summed E-state index contributed by atoms with van der Waals surface area (Å²) < 4.78 is 34.5. The van der Waals surface area contributed by atoms with Crippen LogP contribution in [0, 0.1) is 17.6 Å². The van der Waals surface area contributed by atoms with E-state index in [1.807, 2.05) is 10.6 Å². The smallest absolute Gasteiger partial charge is 0.255 e. The predicted octanol–water partition coefficient (Wildman–Crippen LogP) is 2.58. The van der Waals surface area contributed by atoms with Crippen molar-refractivity contribution in [1.82, 2.24) is 14.4 Å². The van der Waals surface area contributed by atoms with E-state index >= 15 is 0 Å². The van der Waals surface area contributed by atoms with Gasteiger partial charge in [0.05, 0.1) is 13.2 Å². The standard InChI is InChI=1S/C23H27F2N3O2/c24-20-8-16(9-21(25)10-20)11-27-12-17-7-19(15-27)22-2-1-18(23(29)28(22)13-17)14-26-3-5-30-6-4-26/h1-2,8-10,17,19H,3-7,11-15H2/t17-,19+/m0/s1. The van der Waals surface area contributed by atoms with Gasteiger partial charge in [0, 0.05) is 69.1 Å². The number of hydrogen-bond donors (Lipinski definition) is 0. The maximum atomic E-state index is 13.6. The molecule has 2 saturated heterocycles. The maximum absolute atomic E-state index is 13.6. The molecule has 2 fully saturated rings. The van der Waals surface area contributed by atoms with Crippen molar-refractivity contribution in [1.29, 1.82) is 0 Å². The van der Waals surface area contributed by atoms with Gasteiger partial charge in [-0.3, -0.25) is 14.6 Å². The van der Waals surface area contributed by atoms with E-state index in [9.17, 15) is 13.6 Å². The van der Waals surface area contributed by atoms with Gasteiger partial charge in [-0.15, -0.1) is 0 Å². The summed E-state index contributed by atoms with van der Waals surface area (Å²) in [5.41, 5.74) is 2.74. The maximum Gasteiger partial charge on any atom is 0.255 e. The molecule has 0 unspecified atom stereocenters. The number of pyridine rings is 1. The van der Waals surface area contributed by atoms with E-state index < -0.39 is 11.6 Å². The van der Waals surface area contributed by atoms with Gasteiger partial charge in [-0.1, -0.05) is 6.07 Å². The quantitative estimate of drug-likeness (QED) is 0.770. The fourth-order valence-corrected chi connectivity index (χ4v) is 5.30. The summed E-state index contributed by atoms with van der Waals surface area (Å²) in [6.45, 7) is 6.74. The van der Waals surface area contributed by atoms with Crippen molar-refractivity contribution in [2.45, 2.75) is 32.0 Å². The van der Waals surface area contributed by atoms with E-state index in [0.717, 1.165) is 69.7 Å². The number of ether oxygens (including phenoxy) is 1. The number of fused-ring (bicyclic) bond motifs is 4. The summed E-state index contributed by atoms with van der Waals surface area (Å²) in [6, 6.07) is 7.83. The number of hydrogen-bond acceptors (Lipinski definition) is 4. The third kappa shape index (κ3) is 4.06. The Morgan fingerprint density at radius 3 is 2.47 bits per heavy atom. The minimum atomic E-state index is -0.535. The van der Waals surface area contributed by atoms with Crippen molar-refractivity contribution in [3.63, 3.8) is 0 Å². The number of morpholine rings is 1. The second kappa shape index (κ2) is 8.21. The highest BCUT2D eigenvalue weighted by molar-refractivity contribution is 5.23. The minimum Gasteiger partial charge on any atom is -0.379 e. The van der Waals surface area contributed by atoms with Crippen LogP contribution >= 0.6 is 0 Å². The van der Waals surface area contributed by atoms with Crippen LogP contribution in [0.25, 0.3) is 0 Å². The largest absolute Gasteiger partial charge is 0.379 e. The number of halogens is 2. The molecule has 7 heteroatoms. The summed E-state index contributed by atoms with van der Waals surface area (Å²) in [6.07, 6.45) is 1.07. The lowest BCUT2D eigenvalue weighted by Crippen LogP contribution is -2.47. The minimum absolute atomic E-state index is 0.134. The first-order chi connectivity index (χ1) is 14.5. The molecule has 30 heavy (non-hydrogen) atoms. The van der Waals surface area contributed by atoms with E-state index in [-0.39, 0.29) is 11.5 Å². The SMILES string of the molecule is O=c1c(CN2CCOCC2)ccc2n1C[C@H]1C[C@@H]2CN(Cc2cc(F)cc(F)c2)C1. The fraction of sp³-hybridized carbons (Fsp3) is 0.522. The lowest BCUT2D eigenvalue weighted by atomic mass is 9.82. The first-order valence-corrected chi connectivity index (χ1v) is 10.8. The lowest BCUT2D eigenvalue weighted by Gasteiger charge is -2.43. The Hall–Kier alpha value is -2.09. The van der Waals surface area contributed by atoms with Gasteiger partial charge in [-0.05, 0) is 36.1 Å². The molecular formula is C23H27F2N3O2. The van der Waals surface area contributed by atoms with E-state index in [0.29, 0.717) is 24.6 Å². The molecule has 5 nitrogen and oxygen atoms in total. The Labute approximate surface area is 174 Å². The third-order valence-corrected chi connectivity index (χ3v) is 6.58. The van der Waals surface area contributed by atoms with E-state index in [1.54, 1.807) is 0 Å². The van der Waals surface area contributed by atoms with Crippen LogP contribution in [0.2, 0.25) is 0 Å². The van der Waals surface area contributed by atoms with Crippen LogP contribution in [0.4, 0.5) is 8.78 Å². The average molecular weight is 415 g/mol. The molecule has 2 aromatic rings. The molecule has 2 bridgehead atoms. The molecule has 0 spiro atoms. The Bertz CT molecular complexity index is 967. The topological polar surface area (TPSA) is 37.7 Å². The van der Waals surface area contributed by atoms with Crippen LogP contribution in [-0.4, -0.2) is 53.8 Å².